The van der Waals surface area contributed by atoms with E-state index in [1.165, 1.54) is 55.3 Å². The Balaban J connectivity index is 1.06. The van der Waals surface area contributed by atoms with Crippen LogP contribution in [0.25, 0.3) is 88.3 Å². The number of para-hydroxylation sites is 1. The third-order valence-electron chi connectivity index (χ3n) is 11.7. The Bertz CT molecular complexity index is 3290. The average Bonchev–Trinajstić information content (AvgIpc) is 3.72. The molecule has 0 aliphatic carbocycles. The largest absolute Gasteiger partial charge is 0.454 e. The van der Waals surface area contributed by atoms with Gasteiger partial charge in [-0.2, -0.15) is 0 Å². The van der Waals surface area contributed by atoms with Crippen molar-refractivity contribution >= 4 is 49.8 Å². The number of furan rings is 1. The van der Waals surface area contributed by atoms with Gasteiger partial charge in [0.15, 0.2) is 5.58 Å². The maximum atomic E-state index is 6.87. The summed E-state index contributed by atoms with van der Waals surface area (Å²) >= 11 is 0. The normalized spacial score (nSPS) is 11.3. The molecule has 1 heterocycles. The molecule has 0 aliphatic rings. The summed E-state index contributed by atoms with van der Waals surface area (Å²) < 4.78 is 6.87. The van der Waals surface area contributed by atoms with E-state index in [1.807, 2.05) is 0 Å². The van der Waals surface area contributed by atoms with Gasteiger partial charge in [-0.05, 0) is 103 Å². The van der Waals surface area contributed by atoms with Crippen molar-refractivity contribution in [2.45, 2.75) is 0 Å². The van der Waals surface area contributed by atoms with Crippen LogP contribution in [0.1, 0.15) is 0 Å². The molecule has 0 saturated carbocycles. The zero-order valence-corrected chi connectivity index (χ0v) is 32.9. The second-order valence-corrected chi connectivity index (χ2v) is 15.2. The molecule has 0 unspecified atom stereocenters. The number of rotatable bonds is 8. The molecule has 0 bridgehead atoms. The lowest BCUT2D eigenvalue weighted by Gasteiger charge is -2.26. The highest BCUT2D eigenvalue weighted by atomic mass is 16.3. The first-order valence-electron chi connectivity index (χ1n) is 20.5. The molecule has 2 heteroatoms. The molecule has 0 spiro atoms. The Morgan fingerprint density at radius 3 is 1.37 bits per heavy atom. The fourth-order valence-electron chi connectivity index (χ4n) is 8.91. The summed E-state index contributed by atoms with van der Waals surface area (Å²) in [5.74, 6) is 0. The summed E-state index contributed by atoms with van der Waals surface area (Å²) in [6, 6.07) is 84.6. The van der Waals surface area contributed by atoms with Gasteiger partial charge in [-0.3, -0.25) is 0 Å². The molecular formula is C58H39NO. The van der Waals surface area contributed by atoms with E-state index in [2.05, 4.69) is 241 Å². The Morgan fingerprint density at radius 1 is 0.283 bits per heavy atom. The van der Waals surface area contributed by atoms with Crippen LogP contribution in [0.4, 0.5) is 17.1 Å². The van der Waals surface area contributed by atoms with Crippen LogP contribution in [-0.2, 0) is 0 Å². The van der Waals surface area contributed by atoms with Gasteiger partial charge in [-0.15, -0.1) is 0 Å². The molecule has 0 N–H and O–H groups in total. The van der Waals surface area contributed by atoms with E-state index in [9.17, 15) is 0 Å². The van der Waals surface area contributed by atoms with Gasteiger partial charge >= 0.3 is 0 Å². The minimum atomic E-state index is 0.848. The summed E-state index contributed by atoms with van der Waals surface area (Å²) in [5, 5.41) is 4.68. The summed E-state index contributed by atoms with van der Waals surface area (Å²) in [4.78, 5) is 2.33. The third-order valence-corrected chi connectivity index (χ3v) is 11.7. The highest BCUT2D eigenvalue weighted by molar-refractivity contribution is 6.16. The Hall–Kier alpha value is -7.94. The molecule has 0 amide bonds. The maximum absolute atomic E-state index is 6.87. The van der Waals surface area contributed by atoms with Gasteiger partial charge in [0, 0.05) is 22.1 Å². The van der Waals surface area contributed by atoms with Crippen LogP contribution in [0.3, 0.4) is 0 Å². The molecule has 0 atom stereocenters. The smallest absolute Gasteiger partial charge is 0.159 e. The van der Waals surface area contributed by atoms with E-state index in [4.69, 9.17) is 4.42 Å². The van der Waals surface area contributed by atoms with Gasteiger partial charge in [-0.1, -0.05) is 200 Å². The molecule has 0 radical (unpaired) electrons. The second-order valence-electron chi connectivity index (χ2n) is 15.2. The van der Waals surface area contributed by atoms with E-state index in [-0.39, 0.29) is 0 Å². The number of anilines is 3. The maximum Gasteiger partial charge on any atom is 0.159 e. The van der Waals surface area contributed by atoms with Crippen molar-refractivity contribution in [2.24, 2.45) is 0 Å². The average molecular weight is 766 g/mol. The zero-order chi connectivity index (χ0) is 39.8. The summed E-state index contributed by atoms with van der Waals surface area (Å²) in [6.45, 7) is 0. The van der Waals surface area contributed by atoms with Crippen LogP contribution in [0.15, 0.2) is 241 Å². The predicted octanol–water partition coefficient (Wildman–Crippen LogP) is 16.5. The first-order chi connectivity index (χ1) is 29.8. The molecule has 11 aromatic rings. The first kappa shape index (κ1) is 35.2. The molecule has 0 aliphatic heterocycles. The van der Waals surface area contributed by atoms with E-state index in [0.717, 1.165) is 50.1 Å². The summed E-state index contributed by atoms with van der Waals surface area (Å²) in [5.41, 5.74) is 16.7. The van der Waals surface area contributed by atoms with E-state index in [1.54, 1.807) is 0 Å². The monoisotopic (exact) mass is 765 g/mol. The fraction of sp³-hybridized carbons (Fsp3) is 0. The van der Waals surface area contributed by atoms with Crippen molar-refractivity contribution in [2.75, 3.05) is 4.90 Å². The number of fused-ring (bicyclic) bond motifs is 4. The van der Waals surface area contributed by atoms with Gasteiger partial charge < -0.3 is 9.32 Å². The Labute approximate surface area is 349 Å². The van der Waals surface area contributed by atoms with E-state index in [0.29, 0.717) is 0 Å². The molecule has 2 nitrogen and oxygen atoms in total. The number of benzene rings is 10. The lowest BCUT2D eigenvalue weighted by atomic mass is 9.89. The highest BCUT2D eigenvalue weighted by Gasteiger charge is 2.22. The molecule has 282 valence electrons. The van der Waals surface area contributed by atoms with Gasteiger partial charge in [0.2, 0.25) is 0 Å². The zero-order valence-electron chi connectivity index (χ0n) is 32.9. The van der Waals surface area contributed by atoms with Gasteiger partial charge in [0.05, 0.1) is 5.69 Å². The van der Waals surface area contributed by atoms with Crippen molar-refractivity contribution in [1.29, 1.82) is 0 Å². The second kappa shape index (κ2) is 15.1. The number of hydrogen-bond acceptors (Lipinski definition) is 2. The van der Waals surface area contributed by atoms with Gasteiger partial charge in [0.25, 0.3) is 0 Å². The van der Waals surface area contributed by atoms with Crippen LogP contribution >= 0.6 is 0 Å². The van der Waals surface area contributed by atoms with E-state index < -0.39 is 0 Å². The van der Waals surface area contributed by atoms with Gasteiger partial charge in [0.1, 0.15) is 5.58 Å². The molecule has 10 aromatic carbocycles. The minimum absolute atomic E-state index is 0.848. The van der Waals surface area contributed by atoms with Crippen molar-refractivity contribution < 1.29 is 4.42 Å². The summed E-state index contributed by atoms with van der Waals surface area (Å²) in [7, 11) is 0. The van der Waals surface area contributed by atoms with Crippen LogP contribution < -0.4 is 4.90 Å². The fourth-order valence-corrected chi connectivity index (χ4v) is 8.91. The number of nitrogens with zero attached hydrogens (tertiary/aromatic N) is 1. The lowest BCUT2D eigenvalue weighted by Crippen LogP contribution is -2.10. The SMILES string of the molecule is c1ccc(-c2ccccc2-c2ccccc2-c2ccc(N(c3ccc(-c4cccc5ccccc45)cc3)c3cccc4c3oc3cccc(-c5ccccc5)c34)cc2)cc1. The predicted molar refractivity (Wildman–Crippen MR) is 253 cm³/mol. The van der Waals surface area contributed by atoms with Crippen molar-refractivity contribution in [1.82, 2.24) is 0 Å². The lowest BCUT2D eigenvalue weighted by molar-refractivity contribution is 0.669. The highest BCUT2D eigenvalue weighted by Crippen LogP contribution is 2.46. The standard InChI is InChI=1S/C58H39NO/c1-3-16-40(17-4-1)49-23-9-11-25-52(49)53-26-12-10-24-50(53)44-34-38-46(39-35-44)59(45-36-32-43(33-37-45)48-27-13-21-41-20-7-8-22-47(41)48)55-30-14-29-54-57-51(42-18-5-2-6-19-42)28-15-31-56(57)60-58(54)55/h1-39H. The molecule has 0 fully saturated rings. The minimum Gasteiger partial charge on any atom is -0.454 e. The van der Waals surface area contributed by atoms with Crippen molar-refractivity contribution in [3.05, 3.63) is 237 Å². The molecular weight excluding hydrogens is 727 g/mol. The van der Waals surface area contributed by atoms with Crippen molar-refractivity contribution in [3.63, 3.8) is 0 Å². The van der Waals surface area contributed by atoms with Crippen LogP contribution in [0, 0.1) is 0 Å². The van der Waals surface area contributed by atoms with Gasteiger partial charge in [-0.25, -0.2) is 0 Å². The first-order valence-corrected chi connectivity index (χ1v) is 20.5. The molecule has 1 aromatic heterocycles. The topological polar surface area (TPSA) is 16.4 Å². The molecule has 11 rings (SSSR count). The molecule has 0 saturated heterocycles. The van der Waals surface area contributed by atoms with E-state index >= 15 is 0 Å². The summed E-state index contributed by atoms with van der Waals surface area (Å²) in [6.07, 6.45) is 0. The van der Waals surface area contributed by atoms with Crippen molar-refractivity contribution in [3.8, 4) is 55.6 Å². The Morgan fingerprint density at radius 2 is 0.717 bits per heavy atom. The number of hydrogen-bond donors (Lipinski definition) is 0. The van der Waals surface area contributed by atoms with Crippen LogP contribution in [0.2, 0.25) is 0 Å². The quantitative estimate of drug-likeness (QED) is 0.153. The molecule has 60 heavy (non-hydrogen) atoms. The Kier molecular flexibility index (Phi) is 8.87. The van der Waals surface area contributed by atoms with Crippen LogP contribution in [0.5, 0.6) is 0 Å². The third kappa shape index (κ3) is 6.23. The van der Waals surface area contributed by atoms with Crippen LogP contribution in [-0.4, -0.2) is 0 Å².